The topological polar surface area (TPSA) is 163 Å². The fraction of sp³-hybridized carbons (Fsp3) is 0.176. The molecule has 5 rings (SSSR count). The van der Waals surface area contributed by atoms with Gasteiger partial charge < -0.3 is 24.4 Å². The van der Waals surface area contributed by atoms with E-state index < -0.39 is 6.09 Å². The van der Waals surface area contributed by atoms with Crippen LogP contribution in [0.15, 0.2) is 71.4 Å². The Hall–Kier alpha value is -5.73. The molecule has 0 aliphatic carbocycles. The van der Waals surface area contributed by atoms with E-state index in [9.17, 15) is 9.59 Å². The zero-order chi connectivity index (χ0) is 32.6. The van der Waals surface area contributed by atoms with Crippen LogP contribution in [0.4, 0.5) is 4.79 Å². The van der Waals surface area contributed by atoms with E-state index in [4.69, 9.17) is 41.2 Å². The number of ether oxygens (including phenoxy) is 3. The molecule has 12 heteroatoms. The first-order chi connectivity index (χ1) is 22.3. The highest BCUT2D eigenvalue weighted by atomic mass is 35.5. The summed E-state index contributed by atoms with van der Waals surface area (Å²) in [4.78, 5) is 26.6. The number of aldehydes is 1. The number of carbonyl (C=O) groups is 2. The first-order valence-corrected chi connectivity index (χ1v) is 14.5. The van der Waals surface area contributed by atoms with Gasteiger partial charge in [0.15, 0.2) is 6.29 Å². The highest BCUT2D eigenvalue weighted by molar-refractivity contribution is 6.32. The van der Waals surface area contributed by atoms with Gasteiger partial charge in [-0.1, -0.05) is 41.9 Å². The van der Waals surface area contributed by atoms with Crippen LogP contribution in [0, 0.1) is 25.2 Å². The number of amides is 1. The van der Waals surface area contributed by atoms with Gasteiger partial charge in [0, 0.05) is 29.6 Å². The van der Waals surface area contributed by atoms with Crippen LogP contribution in [-0.2, 0) is 24.4 Å². The Kier molecular flexibility index (Phi) is 9.90. The molecule has 0 spiro atoms. The molecule has 0 saturated carbocycles. The van der Waals surface area contributed by atoms with Crippen molar-refractivity contribution in [2.24, 2.45) is 5.73 Å². The Balaban J connectivity index is 1.34. The zero-order valence-electron chi connectivity index (χ0n) is 25.0. The molecular formula is C34H28ClN5O6. The lowest BCUT2D eigenvalue weighted by Gasteiger charge is -2.17. The highest BCUT2D eigenvalue weighted by Crippen LogP contribution is 2.36. The first kappa shape index (κ1) is 31.7. The molecule has 0 saturated heterocycles. The standard InChI is InChI=1S/C34H28ClN5O6/c1-20-24(19-45-31-13-30(25(17-41)12-29(31)35)44-18-23-11-22(14-36)15-38-16-23)5-3-6-26(20)27-7-4-8-28(21(27)2)33-40-39-32(46-33)9-10-43-34(37)42/h3-8,11-13,15-17H,9-10,18-19H2,1-2H3,(H2,37,42). The van der Waals surface area contributed by atoms with Crippen molar-refractivity contribution in [2.45, 2.75) is 33.5 Å². The van der Waals surface area contributed by atoms with E-state index >= 15 is 0 Å². The number of carbonyl (C=O) groups excluding carboxylic acids is 2. The average Bonchev–Trinajstić information content (AvgIpc) is 3.52. The molecule has 3 aromatic carbocycles. The highest BCUT2D eigenvalue weighted by Gasteiger charge is 2.17. The molecule has 0 radical (unpaired) electrons. The Morgan fingerprint density at radius 2 is 1.72 bits per heavy atom. The van der Waals surface area contributed by atoms with E-state index in [2.05, 4.69) is 15.2 Å². The van der Waals surface area contributed by atoms with Gasteiger partial charge >= 0.3 is 6.09 Å². The molecule has 0 aliphatic rings. The molecule has 0 fully saturated rings. The van der Waals surface area contributed by atoms with Gasteiger partial charge in [-0.05, 0) is 59.9 Å². The van der Waals surface area contributed by atoms with Crippen molar-refractivity contribution < 1.29 is 28.2 Å². The van der Waals surface area contributed by atoms with E-state index in [0.717, 1.165) is 33.4 Å². The normalized spacial score (nSPS) is 10.7. The third kappa shape index (κ3) is 7.31. The van der Waals surface area contributed by atoms with Gasteiger partial charge in [-0.25, -0.2) is 4.79 Å². The summed E-state index contributed by atoms with van der Waals surface area (Å²) in [6, 6.07) is 18.6. The summed E-state index contributed by atoms with van der Waals surface area (Å²) in [5, 5.41) is 17.6. The summed E-state index contributed by atoms with van der Waals surface area (Å²) in [5.41, 5.74) is 12.0. The van der Waals surface area contributed by atoms with E-state index in [1.54, 1.807) is 18.3 Å². The molecule has 11 nitrogen and oxygen atoms in total. The molecule has 0 bridgehead atoms. The number of halogens is 1. The quantitative estimate of drug-likeness (QED) is 0.148. The molecule has 2 heterocycles. The Morgan fingerprint density at radius 1 is 0.978 bits per heavy atom. The lowest BCUT2D eigenvalue weighted by Crippen LogP contribution is -2.14. The van der Waals surface area contributed by atoms with Gasteiger partial charge in [-0.3, -0.25) is 9.78 Å². The number of benzene rings is 3. The third-order valence-corrected chi connectivity index (χ3v) is 7.52. The van der Waals surface area contributed by atoms with E-state index in [0.29, 0.717) is 40.7 Å². The van der Waals surface area contributed by atoms with Crippen LogP contribution in [-0.4, -0.2) is 34.2 Å². The van der Waals surface area contributed by atoms with E-state index in [1.165, 1.54) is 12.3 Å². The van der Waals surface area contributed by atoms with Crippen LogP contribution < -0.4 is 15.2 Å². The number of nitrogens with two attached hydrogens (primary N) is 1. The summed E-state index contributed by atoms with van der Waals surface area (Å²) in [5.74, 6) is 1.32. The molecule has 2 N–H and O–H groups in total. The summed E-state index contributed by atoms with van der Waals surface area (Å²) < 4.78 is 22.6. The maximum atomic E-state index is 11.7. The predicted octanol–water partition coefficient (Wildman–Crippen LogP) is 6.55. The number of hydrogen-bond donors (Lipinski definition) is 1. The number of nitrogens with zero attached hydrogens (tertiary/aromatic N) is 4. The zero-order valence-corrected chi connectivity index (χ0v) is 25.7. The second-order valence-electron chi connectivity index (χ2n) is 10.2. The molecule has 0 atom stereocenters. The number of hydrogen-bond acceptors (Lipinski definition) is 10. The van der Waals surface area contributed by atoms with Gasteiger partial charge in [-0.2, -0.15) is 5.26 Å². The maximum Gasteiger partial charge on any atom is 0.404 e. The lowest BCUT2D eigenvalue weighted by atomic mass is 9.91. The molecule has 232 valence electrons. The minimum Gasteiger partial charge on any atom is -0.488 e. The van der Waals surface area contributed by atoms with Gasteiger partial charge in [0.2, 0.25) is 11.8 Å². The van der Waals surface area contributed by atoms with Gasteiger partial charge in [-0.15, -0.1) is 10.2 Å². The second-order valence-corrected chi connectivity index (χ2v) is 10.6. The van der Waals surface area contributed by atoms with Gasteiger partial charge in [0.1, 0.15) is 37.4 Å². The van der Waals surface area contributed by atoms with Crippen molar-refractivity contribution in [3.63, 3.8) is 0 Å². The third-order valence-electron chi connectivity index (χ3n) is 7.22. The summed E-state index contributed by atoms with van der Waals surface area (Å²) in [6.45, 7) is 4.33. The fourth-order valence-electron chi connectivity index (χ4n) is 4.82. The Labute approximate surface area is 269 Å². The number of pyridine rings is 1. The Morgan fingerprint density at radius 3 is 2.48 bits per heavy atom. The van der Waals surface area contributed by atoms with Crippen LogP contribution in [0.25, 0.3) is 22.6 Å². The van der Waals surface area contributed by atoms with Crippen LogP contribution in [0.1, 0.15) is 44.1 Å². The number of aromatic nitrogens is 3. The van der Waals surface area contributed by atoms with Crippen LogP contribution >= 0.6 is 11.6 Å². The van der Waals surface area contributed by atoms with Crippen molar-refractivity contribution in [3.05, 3.63) is 111 Å². The van der Waals surface area contributed by atoms with Crippen molar-refractivity contribution in [1.29, 1.82) is 5.26 Å². The lowest BCUT2D eigenvalue weighted by molar-refractivity contribution is 0.111. The van der Waals surface area contributed by atoms with Crippen LogP contribution in [0.3, 0.4) is 0 Å². The summed E-state index contributed by atoms with van der Waals surface area (Å²) in [7, 11) is 0. The van der Waals surface area contributed by atoms with E-state index in [-0.39, 0.29) is 36.8 Å². The second kappa shape index (κ2) is 14.4. The monoisotopic (exact) mass is 637 g/mol. The minimum atomic E-state index is -0.864. The maximum absolute atomic E-state index is 11.7. The molecular weight excluding hydrogens is 610 g/mol. The van der Waals surface area contributed by atoms with Crippen LogP contribution in [0.5, 0.6) is 11.5 Å². The summed E-state index contributed by atoms with van der Waals surface area (Å²) in [6.07, 6.45) is 3.09. The predicted molar refractivity (Wildman–Crippen MR) is 168 cm³/mol. The largest absolute Gasteiger partial charge is 0.488 e. The number of primary amides is 1. The number of rotatable bonds is 12. The van der Waals surface area contributed by atoms with Crippen molar-refractivity contribution in [1.82, 2.24) is 15.2 Å². The molecule has 2 aromatic heterocycles. The molecule has 5 aromatic rings. The molecule has 1 amide bonds. The number of nitriles is 1. The molecule has 46 heavy (non-hydrogen) atoms. The smallest absolute Gasteiger partial charge is 0.404 e. The summed E-state index contributed by atoms with van der Waals surface area (Å²) >= 11 is 6.48. The van der Waals surface area contributed by atoms with E-state index in [1.807, 2.05) is 56.3 Å². The van der Waals surface area contributed by atoms with Crippen molar-refractivity contribution in [3.8, 4) is 40.1 Å². The fourth-order valence-corrected chi connectivity index (χ4v) is 5.04. The van der Waals surface area contributed by atoms with Crippen molar-refractivity contribution >= 4 is 24.0 Å². The van der Waals surface area contributed by atoms with Gasteiger partial charge in [0.25, 0.3) is 0 Å². The van der Waals surface area contributed by atoms with Crippen molar-refractivity contribution in [2.75, 3.05) is 6.61 Å². The minimum absolute atomic E-state index is 0.0420. The average molecular weight is 638 g/mol. The Bertz CT molecular complexity index is 1950. The molecule has 0 aliphatic heterocycles. The SMILES string of the molecule is Cc1c(COc2cc(OCc3cncc(C#N)c3)c(C=O)cc2Cl)cccc1-c1cccc(-c2nnc(CCOC(N)=O)o2)c1C. The van der Waals surface area contributed by atoms with Crippen LogP contribution in [0.2, 0.25) is 5.02 Å². The van der Waals surface area contributed by atoms with Gasteiger partial charge in [0.05, 0.1) is 22.6 Å². The molecule has 0 unspecified atom stereocenters. The first-order valence-electron chi connectivity index (χ1n) is 14.1.